The highest BCUT2D eigenvalue weighted by Crippen LogP contribution is 2.67. The zero-order chi connectivity index (χ0) is 26.9. The highest BCUT2D eigenvalue weighted by Gasteiger charge is 2.75. The summed E-state index contributed by atoms with van der Waals surface area (Å²) in [5.74, 6) is -1.74. The van der Waals surface area contributed by atoms with E-state index in [1.807, 2.05) is 30.3 Å². The van der Waals surface area contributed by atoms with Crippen LogP contribution in [-0.2, 0) is 14.4 Å². The Kier molecular flexibility index (Phi) is 8.38. The number of halogens is 2. The molecule has 3 saturated heterocycles. The average Bonchev–Trinajstić information content (AvgIpc) is 3.49. The molecule has 3 amide bonds. The van der Waals surface area contributed by atoms with Gasteiger partial charge >= 0.3 is 0 Å². The predicted octanol–water partition coefficient (Wildman–Crippen LogP) is 4.93. The Morgan fingerprint density at radius 2 is 1.74 bits per heavy atom. The fraction of sp³-hybridized carbons (Fsp3) is 0.464. The summed E-state index contributed by atoms with van der Waals surface area (Å²) in [4.78, 5) is 43.3. The van der Waals surface area contributed by atoms with Gasteiger partial charge in [0.2, 0.25) is 17.7 Å². The van der Waals surface area contributed by atoms with Crippen LogP contribution in [0, 0.1) is 11.8 Å². The second kappa shape index (κ2) is 11.6. The van der Waals surface area contributed by atoms with Crippen LogP contribution in [-0.4, -0.2) is 61.7 Å². The van der Waals surface area contributed by atoms with Gasteiger partial charge in [-0.3, -0.25) is 14.4 Å². The molecule has 0 saturated carbocycles. The van der Waals surface area contributed by atoms with Crippen LogP contribution < -0.4 is 10.6 Å². The summed E-state index contributed by atoms with van der Waals surface area (Å²) in [5, 5.41) is 15.4. The van der Waals surface area contributed by atoms with Gasteiger partial charge < -0.3 is 20.6 Å². The third-order valence-corrected chi connectivity index (χ3v) is 11.4. The molecule has 3 aliphatic heterocycles. The van der Waals surface area contributed by atoms with E-state index in [1.54, 1.807) is 40.9 Å². The smallest absolute Gasteiger partial charge is 0.248 e. The van der Waals surface area contributed by atoms with Crippen molar-refractivity contribution in [3.8, 4) is 0 Å². The second-order valence-corrected chi connectivity index (χ2v) is 13.3. The zero-order valence-corrected chi connectivity index (χ0v) is 24.0. The first-order valence-electron chi connectivity index (χ1n) is 13.0. The Hall–Kier alpha value is -2.07. The van der Waals surface area contributed by atoms with E-state index in [4.69, 9.17) is 16.7 Å². The molecule has 3 unspecified atom stereocenters. The van der Waals surface area contributed by atoms with Gasteiger partial charge in [-0.25, -0.2) is 0 Å². The van der Waals surface area contributed by atoms with Gasteiger partial charge in [0.05, 0.1) is 27.3 Å². The van der Waals surface area contributed by atoms with E-state index >= 15 is 0 Å². The minimum Gasteiger partial charge on any atom is -0.396 e. The number of nitrogens with zero attached hydrogens (tertiary/aromatic N) is 1. The molecule has 0 radical (unpaired) electrons. The zero-order valence-electron chi connectivity index (χ0n) is 20.8. The topological polar surface area (TPSA) is 98.7 Å². The van der Waals surface area contributed by atoms with E-state index in [0.717, 1.165) is 19.3 Å². The van der Waals surface area contributed by atoms with E-state index in [9.17, 15) is 14.4 Å². The summed E-state index contributed by atoms with van der Waals surface area (Å²) in [7, 11) is 0. The molecule has 3 fully saturated rings. The Labute approximate surface area is 240 Å². The number of anilines is 2. The normalized spacial score (nSPS) is 29.4. The number of fused-ring (bicyclic) bond motifs is 1. The summed E-state index contributed by atoms with van der Waals surface area (Å²) < 4.78 is -0.717. The van der Waals surface area contributed by atoms with E-state index < -0.39 is 22.6 Å². The first-order valence-corrected chi connectivity index (χ1v) is 15.2. The lowest BCUT2D eigenvalue weighted by molar-refractivity contribution is -0.138. The van der Waals surface area contributed by atoms with Crippen molar-refractivity contribution < 1.29 is 19.5 Å². The highest BCUT2D eigenvalue weighted by atomic mass is 79.9. The molecule has 0 aromatic heterocycles. The average molecular weight is 621 g/mol. The number of amides is 3. The van der Waals surface area contributed by atoms with Crippen LogP contribution in [0.25, 0.3) is 0 Å². The summed E-state index contributed by atoms with van der Waals surface area (Å²) >= 11 is 11.7. The number of nitrogens with one attached hydrogen (secondary N) is 2. The van der Waals surface area contributed by atoms with Crippen molar-refractivity contribution >= 4 is 68.4 Å². The van der Waals surface area contributed by atoms with Crippen LogP contribution >= 0.6 is 39.3 Å². The first kappa shape index (κ1) is 27.5. The molecule has 2 bridgehead atoms. The van der Waals surface area contributed by atoms with Crippen molar-refractivity contribution in [2.75, 3.05) is 23.8 Å². The van der Waals surface area contributed by atoms with Gasteiger partial charge in [-0.15, -0.1) is 11.8 Å². The van der Waals surface area contributed by atoms with Gasteiger partial charge in [-0.05, 0) is 43.5 Å². The first-order chi connectivity index (χ1) is 18.4. The lowest BCUT2D eigenvalue weighted by atomic mass is 9.70. The molecular formula is C28H31BrClN3O4S. The molecular weight excluding hydrogens is 590 g/mol. The summed E-state index contributed by atoms with van der Waals surface area (Å²) in [6.07, 6.45) is 3.75. The third-order valence-electron chi connectivity index (χ3n) is 7.82. The number of alkyl halides is 1. The number of rotatable bonds is 10. The monoisotopic (exact) mass is 619 g/mol. The SMILES string of the molecule is O=C(Nc1ccccc1Cl)C1N(CCCCCCO)C(=O)[C@@H]2[C@H](C(=O)Nc3ccccc3)[C@H]3SC12CC3Br. The number of hydrogen-bond donors (Lipinski definition) is 3. The largest absolute Gasteiger partial charge is 0.396 e. The van der Waals surface area contributed by atoms with Crippen LogP contribution in [0.15, 0.2) is 54.6 Å². The highest BCUT2D eigenvalue weighted by molar-refractivity contribution is 9.09. The van der Waals surface area contributed by atoms with Gasteiger partial charge in [-0.2, -0.15) is 0 Å². The van der Waals surface area contributed by atoms with Crippen molar-refractivity contribution in [2.24, 2.45) is 11.8 Å². The number of para-hydroxylation sites is 2. The molecule has 2 aromatic rings. The molecule has 1 spiro atoms. The van der Waals surface area contributed by atoms with Crippen LogP contribution in [0.3, 0.4) is 0 Å². The number of likely N-dealkylation sites (tertiary alicyclic amines) is 1. The number of carbonyl (C=O) groups is 3. The maximum atomic E-state index is 14.1. The Balaban J connectivity index is 1.45. The Morgan fingerprint density at radius 1 is 1.03 bits per heavy atom. The minimum atomic E-state index is -0.723. The summed E-state index contributed by atoms with van der Waals surface area (Å²) in [5.41, 5.74) is 1.19. The molecule has 202 valence electrons. The van der Waals surface area contributed by atoms with Crippen LogP contribution in [0.5, 0.6) is 0 Å². The molecule has 2 aromatic carbocycles. The number of hydrogen-bond acceptors (Lipinski definition) is 5. The maximum Gasteiger partial charge on any atom is 0.248 e. The molecule has 6 atom stereocenters. The Morgan fingerprint density at radius 3 is 2.47 bits per heavy atom. The quantitative estimate of drug-likeness (QED) is 0.258. The van der Waals surface area contributed by atoms with Gasteiger partial charge in [0, 0.05) is 28.9 Å². The number of carbonyl (C=O) groups excluding carboxylic acids is 3. The summed E-state index contributed by atoms with van der Waals surface area (Å²) in [6.45, 7) is 0.563. The van der Waals surface area contributed by atoms with Gasteiger partial charge in [0.15, 0.2) is 0 Å². The fourth-order valence-corrected chi connectivity index (χ4v) is 10.0. The molecule has 0 aliphatic carbocycles. The fourth-order valence-electron chi connectivity index (χ4n) is 6.23. The molecule has 3 aliphatic rings. The van der Waals surface area contributed by atoms with E-state index in [-0.39, 0.29) is 34.4 Å². The molecule has 3 heterocycles. The standard InChI is InChI=1S/C28H31BrClN3O4S/c29-18-16-28-22(21(23(18)38-28)25(35)31-17-10-4-3-5-11-17)27(37)33(14-8-1-2-9-15-34)24(28)26(36)32-20-13-7-6-12-19(20)30/h3-7,10-13,18,21-24,34H,1-2,8-9,14-16H2,(H,31,35)(H,32,36)/t18?,21-,22-,23-,24?,28?/m0/s1. The van der Waals surface area contributed by atoms with Gasteiger partial charge in [-0.1, -0.05) is 70.7 Å². The van der Waals surface area contributed by atoms with Crippen molar-refractivity contribution in [1.82, 2.24) is 4.90 Å². The van der Waals surface area contributed by atoms with Crippen molar-refractivity contribution in [3.05, 3.63) is 59.6 Å². The lowest BCUT2D eigenvalue weighted by Gasteiger charge is -2.35. The maximum absolute atomic E-state index is 14.1. The van der Waals surface area contributed by atoms with Crippen molar-refractivity contribution in [2.45, 2.75) is 53.0 Å². The van der Waals surface area contributed by atoms with Crippen LogP contribution in [0.4, 0.5) is 11.4 Å². The minimum absolute atomic E-state index is 0.00295. The predicted molar refractivity (Wildman–Crippen MR) is 155 cm³/mol. The number of aliphatic hydroxyl groups is 1. The van der Waals surface area contributed by atoms with Crippen molar-refractivity contribution in [3.63, 3.8) is 0 Å². The second-order valence-electron chi connectivity index (χ2n) is 10.2. The van der Waals surface area contributed by atoms with E-state index in [1.165, 1.54) is 0 Å². The molecule has 10 heteroatoms. The molecule has 7 nitrogen and oxygen atoms in total. The summed E-state index contributed by atoms with van der Waals surface area (Å²) in [6, 6.07) is 15.6. The van der Waals surface area contributed by atoms with Gasteiger partial charge in [0.25, 0.3) is 0 Å². The molecule has 3 N–H and O–H groups in total. The van der Waals surface area contributed by atoms with Gasteiger partial charge in [0.1, 0.15) is 6.04 Å². The number of aliphatic hydroxyl groups excluding tert-OH is 1. The third kappa shape index (κ3) is 4.98. The Bertz CT molecular complexity index is 1200. The number of thioether (sulfide) groups is 1. The van der Waals surface area contributed by atoms with Crippen LogP contribution in [0.1, 0.15) is 32.1 Å². The number of unbranched alkanes of at least 4 members (excludes halogenated alkanes) is 3. The van der Waals surface area contributed by atoms with E-state index in [2.05, 4.69) is 26.6 Å². The van der Waals surface area contributed by atoms with Crippen LogP contribution in [0.2, 0.25) is 5.02 Å². The number of benzene rings is 2. The van der Waals surface area contributed by atoms with E-state index in [0.29, 0.717) is 35.8 Å². The lowest BCUT2D eigenvalue weighted by Crippen LogP contribution is -2.52. The molecule has 38 heavy (non-hydrogen) atoms. The molecule has 5 rings (SSSR count). The van der Waals surface area contributed by atoms with Crippen molar-refractivity contribution in [1.29, 1.82) is 0 Å².